The third kappa shape index (κ3) is 5.34. The summed E-state index contributed by atoms with van der Waals surface area (Å²) in [6.45, 7) is 5.98. The van der Waals surface area contributed by atoms with Crippen LogP contribution < -0.4 is 5.32 Å². The predicted octanol–water partition coefficient (Wildman–Crippen LogP) is 2.30. The molecule has 0 fully saturated rings. The van der Waals surface area contributed by atoms with Crippen molar-refractivity contribution in [3.05, 3.63) is 34.9 Å². The van der Waals surface area contributed by atoms with Crippen molar-refractivity contribution in [2.45, 2.75) is 26.8 Å². The number of benzene rings is 1. The van der Waals surface area contributed by atoms with Crippen LogP contribution in [0, 0.1) is 13.8 Å². The van der Waals surface area contributed by atoms with E-state index in [1.54, 1.807) is 0 Å². The SMILES string of the molecule is Cc1ccc(C(C)NC(=O)CSCC(=O)O)c(C)c1. The summed E-state index contributed by atoms with van der Waals surface area (Å²) in [6, 6.07) is 6.04. The molecule has 0 aliphatic rings. The Hall–Kier alpha value is -1.49. The van der Waals surface area contributed by atoms with E-state index in [0.29, 0.717) is 0 Å². The van der Waals surface area contributed by atoms with E-state index in [2.05, 4.69) is 11.4 Å². The minimum absolute atomic E-state index is 0.0502. The van der Waals surface area contributed by atoms with Crippen molar-refractivity contribution in [2.24, 2.45) is 0 Å². The number of aryl methyl sites for hydroxylation is 2. The third-order valence-electron chi connectivity index (χ3n) is 2.73. The molecule has 0 aliphatic carbocycles. The number of carbonyl (C=O) groups is 2. The maximum atomic E-state index is 11.7. The van der Waals surface area contributed by atoms with Gasteiger partial charge in [-0.05, 0) is 31.9 Å². The minimum atomic E-state index is -0.903. The fourth-order valence-electron chi connectivity index (χ4n) is 1.90. The molecule has 0 radical (unpaired) electrons. The largest absolute Gasteiger partial charge is 0.481 e. The number of amides is 1. The quantitative estimate of drug-likeness (QED) is 0.839. The van der Waals surface area contributed by atoms with Gasteiger partial charge in [0, 0.05) is 0 Å². The molecular formula is C14H19NO3S. The number of thioether (sulfide) groups is 1. The molecule has 0 aliphatic heterocycles. The molecule has 19 heavy (non-hydrogen) atoms. The number of rotatable bonds is 6. The van der Waals surface area contributed by atoms with Crippen molar-refractivity contribution in [3.63, 3.8) is 0 Å². The van der Waals surface area contributed by atoms with Crippen molar-refractivity contribution < 1.29 is 14.7 Å². The van der Waals surface area contributed by atoms with Crippen molar-refractivity contribution in [1.82, 2.24) is 5.32 Å². The highest BCUT2D eigenvalue weighted by Gasteiger charge is 2.12. The molecule has 0 saturated carbocycles. The van der Waals surface area contributed by atoms with Gasteiger partial charge in [0.15, 0.2) is 0 Å². The van der Waals surface area contributed by atoms with Crippen LogP contribution in [-0.4, -0.2) is 28.5 Å². The number of hydrogen-bond acceptors (Lipinski definition) is 3. The summed E-state index contributed by atoms with van der Waals surface area (Å²) in [5, 5.41) is 11.4. The number of aliphatic carboxylic acids is 1. The molecule has 104 valence electrons. The molecule has 0 saturated heterocycles. The van der Waals surface area contributed by atoms with Gasteiger partial charge in [0.05, 0.1) is 17.5 Å². The highest BCUT2D eigenvalue weighted by atomic mass is 32.2. The van der Waals surface area contributed by atoms with Crippen LogP contribution in [0.5, 0.6) is 0 Å². The van der Waals surface area contributed by atoms with Crippen LogP contribution in [0.3, 0.4) is 0 Å². The van der Waals surface area contributed by atoms with Gasteiger partial charge in [0.2, 0.25) is 5.91 Å². The van der Waals surface area contributed by atoms with Crippen LogP contribution in [0.15, 0.2) is 18.2 Å². The maximum Gasteiger partial charge on any atom is 0.313 e. The minimum Gasteiger partial charge on any atom is -0.481 e. The van der Waals surface area contributed by atoms with Crippen molar-refractivity contribution >= 4 is 23.6 Å². The highest BCUT2D eigenvalue weighted by Crippen LogP contribution is 2.18. The average molecular weight is 281 g/mol. The fraction of sp³-hybridized carbons (Fsp3) is 0.429. The van der Waals surface area contributed by atoms with E-state index in [4.69, 9.17) is 5.11 Å². The summed E-state index contributed by atoms with van der Waals surface area (Å²) in [5.41, 5.74) is 3.42. The standard InChI is InChI=1S/C14H19NO3S/c1-9-4-5-12(10(2)6-9)11(3)15-13(16)7-19-8-14(17)18/h4-6,11H,7-8H2,1-3H3,(H,15,16)(H,17,18). The number of carboxylic acids is 1. The maximum absolute atomic E-state index is 11.7. The molecule has 1 atom stereocenters. The second-order valence-electron chi connectivity index (χ2n) is 4.54. The Morgan fingerprint density at radius 2 is 2.00 bits per heavy atom. The lowest BCUT2D eigenvalue weighted by Gasteiger charge is -2.17. The number of carboxylic acid groups (broad SMARTS) is 1. The van der Waals surface area contributed by atoms with Crippen LogP contribution in [0.25, 0.3) is 0 Å². The normalized spacial score (nSPS) is 11.9. The summed E-state index contributed by atoms with van der Waals surface area (Å²) in [6.07, 6.45) is 0. The molecule has 1 aromatic rings. The summed E-state index contributed by atoms with van der Waals surface area (Å²) < 4.78 is 0. The van der Waals surface area contributed by atoms with Crippen molar-refractivity contribution in [3.8, 4) is 0 Å². The zero-order valence-electron chi connectivity index (χ0n) is 11.4. The van der Waals surface area contributed by atoms with Gasteiger partial charge < -0.3 is 10.4 Å². The molecule has 1 aromatic carbocycles. The topological polar surface area (TPSA) is 66.4 Å². The Bertz CT molecular complexity index is 474. The monoisotopic (exact) mass is 281 g/mol. The first-order valence-electron chi connectivity index (χ1n) is 6.06. The Balaban J connectivity index is 2.52. The Morgan fingerprint density at radius 3 is 2.58 bits per heavy atom. The molecule has 0 spiro atoms. The van der Waals surface area contributed by atoms with Gasteiger partial charge in [0.25, 0.3) is 0 Å². The Labute approximate surface area is 117 Å². The van der Waals surface area contributed by atoms with E-state index in [-0.39, 0.29) is 23.5 Å². The van der Waals surface area contributed by atoms with Crippen molar-refractivity contribution in [1.29, 1.82) is 0 Å². The zero-order chi connectivity index (χ0) is 14.4. The van der Waals surface area contributed by atoms with E-state index in [1.165, 1.54) is 5.56 Å². The van der Waals surface area contributed by atoms with Gasteiger partial charge in [-0.3, -0.25) is 9.59 Å². The number of nitrogens with one attached hydrogen (secondary N) is 1. The van der Waals surface area contributed by atoms with Crippen LogP contribution in [0.4, 0.5) is 0 Å². The molecule has 5 heteroatoms. The molecule has 4 nitrogen and oxygen atoms in total. The molecular weight excluding hydrogens is 262 g/mol. The molecule has 0 aromatic heterocycles. The second kappa shape index (κ2) is 7.19. The van der Waals surface area contributed by atoms with Gasteiger partial charge in [-0.1, -0.05) is 23.8 Å². The number of hydrogen-bond donors (Lipinski definition) is 2. The second-order valence-corrected chi connectivity index (χ2v) is 5.52. The van der Waals surface area contributed by atoms with E-state index in [1.807, 2.05) is 32.9 Å². The molecule has 1 amide bonds. The average Bonchev–Trinajstić information content (AvgIpc) is 2.27. The molecule has 0 heterocycles. The van der Waals surface area contributed by atoms with Crippen LogP contribution in [0.1, 0.15) is 29.7 Å². The molecule has 1 unspecified atom stereocenters. The summed E-state index contributed by atoms with van der Waals surface area (Å²) >= 11 is 1.10. The zero-order valence-corrected chi connectivity index (χ0v) is 12.2. The first-order valence-corrected chi connectivity index (χ1v) is 7.21. The lowest BCUT2D eigenvalue weighted by atomic mass is 10.0. The molecule has 0 bridgehead atoms. The molecule has 2 N–H and O–H groups in total. The lowest BCUT2D eigenvalue weighted by molar-refractivity contribution is -0.133. The summed E-state index contributed by atoms with van der Waals surface area (Å²) in [5.74, 6) is -0.925. The van der Waals surface area contributed by atoms with Gasteiger partial charge in [-0.25, -0.2) is 0 Å². The smallest absolute Gasteiger partial charge is 0.313 e. The van der Waals surface area contributed by atoms with Crippen LogP contribution in [-0.2, 0) is 9.59 Å². The van der Waals surface area contributed by atoms with Gasteiger partial charge >= 0.3 is 5.97 Å². The first kappa shape index (κ1) is 15.6. The van der Waals surface area contributed by atoms with Crippen LogP contribution in [0.2, 0.25) is 0 Å². The number of carbonyl (C=O) groups excluding carboxylic acids is 1. The summed E-state index contributed by atoms with van der Waals surface area (Å²) in [4.78, 5) is 22.0. The third-order valence-corrected chi connectivity index (χ3v) is 3.65. The van der Waals surface area contributed by atoms with Gasteiger partial charge in [0.1, 0.15) is 0 Å². The summed E-state index contributed by atoms with van der Waals surface area (Å²) in [7, 11) is 0. The lowest BCUT2D eigenvalue weighted by Crippen LogP contribution is -2.29. The van der Waals surface area contributed by atoms with E-state index in [0.717, 1.165) is 22.9 Å². The van der Waals surface area contributed by atoms with E-state index in [9.17, 15) is 9.59 Å². The Morgan fingerprint density at radius 1 is 1.32 bits per heavy atom. The van der Waals surface area contributed by atoms with Crippen LogP contribution >= 0.6 is 11.8 Å². The highest BCUT2D eigenvalue weighted by molar-refractivity contribution is 8.00. The molecule has 1 rings (SSSR count). The van der Waals surface area contributed by atoms with Crippen molar-refractivity contribution in [2.75, 3.05) is 11.5 Å². The predicted molar refractivity (Wildman–Crippen MR) is 77.4 cm³/mol. The Kier molecular flexibility index (Phi) is 5.89. The fourth-order valence-corrected chi connectivity index (χ4v) is 2.45. The first-order chi connectivity index (χ1) is 8.90. The van der Waals surface area contributed by atoms with Gasteiger partial charge in [-0.15, -0.1) is 11.8 Å². The van der Waals surface area contributed by atoms with Gasteiger partial charge in [-0.2, -0.15) is 0 Å². The van der Waals surface area contributed by atoms with E-state index < -0.39 is 5.97 Å². The van der Waals surface area contributed by atoms with E-state index >= 15 is 0 Å².